The highest BCUT2D eigenvalue weighted by Crippen LogP contribution is 2.32. The van der Waals surface area contributed by atoms with Gasteiger partial charge >= 0.3 is 0 Å². The van der Waals surface area contributed by atoms with E-state index in [9.17, 15) is 10.2 Å². The van der Waals surface area contributed by atoms with E-state index in [2.05, 4.69) is 20.3 Å². The molecule has 23 heavy (non-hydrogen) atoms. The van der Waals surface area contributed by atoms with E-state index in [0.29, 0.717) is 0 Å². The number of nitrogens with one attached hydrogen (secondary N) is 2. The van der Waals surface area contributed by atoms with Gasteiger partial charge in [0.05, 0.1) is 12.9 Å². The van der Waals surface area contributed by atoms with Crippen molar-refractivity contribution in [3.8, 4) is 0 Å². The predicted molar refractivity (Wildman–Crippen MR) is 78.3 cm³/mol. The number of hydrogen-bond acceptors (Lipinski definition) is 9. The summed E-state index contributed by atoms with van der Waals surface area (Å²) in [6.07, 6.45) is -3.15. The van der Waals surface area contributed by atoms with E-state index >= 15 is 0 Å². The molecule has 12 heteroatoms. The molecule has 0 spiro atoms. The Kier molecular flexibility index (Phi) is 3.73. The quantitative estimate of drug-likeness (QED) is 0.230. The summed E-state index contributed by atoms with van der Waals surface area (Å²) in [5.74, 6) is -0.344. The van der Waals surface area contributed by atoms with Crippen LogP contribution in [0.4, 0.5) is 11.8 Å². The molecule has 0 aromatic carbocycles. The second-order valence-electron chi connectivity index (χ2n) is 5.02. The summed E-state index contributed by atoms with van der Waals surface area (Å²) in [7, 11) is 0. The lowest BCUT2D eigenvalue weighted by atomic mass is 10.1. The zero-order valence-electron chi connectivity index (χ0n) is 11.8. The molecule has 124 valence electrons. The first-order valence-electron chi connectivity index (χ1n) is 6.66. The second kappa shape index (κ2) is 5.58. The topological polar surface area (TPSA) is 201 Å². The molecular formula is C11H16N8O4. The Hall–Kier alpha value is -2.54. The fourth-order valence-electron chi connectivity index (χ4n) is 2.41. The maximum absolute atomic E-state index is 10.1. The standard InChI is InChI=1S/C11H16N8O4/c12-7-4-8(17-11(16-7)18-10(13)14)19(2-15-4)9-6(22)5(21)3(1-20)23-9/h2-3,5-6,9,20-22H,1H2,(H6,12,13,14,16,17,18)/t3-,5-,6-,9?/m1/s1. The van der Waals surface area contributed by atoms with Gasteiger partial charge in [0.25, 0.3) is 0 Å². The van der Waals surface area contributed by atoms with Crippen LogP contribution in [0, 0.1) is 5.41 Å². The number of fused-ring (bicyclic) bond motifs is 1. The highest BCUT2D eigenvalue weighted by atomic mass is 16.6. The average Bonchev–Trinajstić information content (AvgIpc) is 3.01. The first kappa shape index (κ1) is 15.4. The van der Waals surface area contributed by atoms with Crippen molar-refractivity contribution in [1.82, 2.24) is 19.5 Å². The van der Waals surface area contributed by atoms with E-state index in [1.165, 1.54) is 10.9 Å². The van der Waals surface area contributed by atoms with Crippen LogP contribution in [0.2, 0.25) is 0 Å². The molecule has 0 aliphatic carbocycles. The molecule has 12 nitrogen and oxygen atoms in total. The number of aliphatic hydroxyl groups excluding tert-OH is 3. The Morgan fingerprint density at radius 1 is 1.39 bits per heavy atom. The van der Waals surface area contributed by atoms with Gasteiger partial charge in [-0.25, -0.2) is 4.98 Å². The van der Waals surface area contributed by atoms with Gasteiger partial charge in [-0.15, -0.1) is 0 Å². The monoisotopic (exact) mass is 324 g/mol. The second-order valence-corrected chi connectivity index (χ2v) is 5.02. The summed E-state index contributed by atoms with van der Waals surface area (Å²) in [6.45, 7) is -0.449. The number of nitrogen functional groups attached to an aromatic ring is 1. The van der Waals surface area contributed by atoms with Gasteiger partial charge in [0, 0.05) is 0 Å². The largest absolute Gasteiger partial charge is 0.394 e. The lowest BCUT2D eigenvalue weighted by Gasteiger charge is -2.16. The van der Waals surface area contributed by atoms with Gasteiger partial charge in [-0.05, 0) is 0 Å². The summed E-state index contributed by atoms with van der Waals surface area (Å²) in [4.78, 5) is 12.1. The third-order valence-electron chi connectivity index (χ3n) is 3.49. The molecule has 0 radical (unpaired) electrons. The Labute approximate surface area is 129 Å². The van der Waals surface area contributed by atoms with Crippen LogP contribution in [0.15, 0.2) is 6.33 Å². The smallest absolute Gasteiger partial charge is 0.233 e. The summed E-state index contributed by atoms with van der Waals surface area (Å²) >= 11 is 0. The molecule has 0 saturated carbocycles. The van der Waals surface area contributed by atoms with Crippen LogP contribution >= 0.6 is 0 Å². The summed E-state index contributed by atoms with van der Waals surface area (Å²) in [6, 6.07) is 0. The molecule has 1 aliphatic heterocycles. The molecule has 9 N–H and O–H groups in total. The lowest BCUT2D eigenvalue weighted by molar-refractivity contribution is -0.0511. The predicted octanol–water partition coefficient (Wildman–Crippen LogP) is -2.67. The van der Waals surface area contributed by atoms with E-state index < -0.39 is 31.1 Å². The minimum atomic E-state index is -1.29. The van der Waals surface area contributed by atoms with Crippen LogP contribution in [0.5, 0.6) is 0 Å². The summed E-state index contributed by atoms with van der Waals surface area (Å²) in [5, 5.41) is 38.7. The van der Waals surface area contributed by atoms with E-state index in [1.54, 1.807) is 0 Å². The van der Waals surface area contributed by atoms with E-state index in [-0.39, 0.29) is 28.9 Å². The zero-order chi connectivity index (χ0) is 16.7. The number of nitrogens with two attached hydrogens (primary N) is 2. The number of nitrogens with zero attached hydrogens (tertiary/aromatic N) is 4. The highest BCUT2D eigenvalue weighted by Gasteiger charge is 2.44. The van der Waals surface area contributed by atoms with Crippen LogP contribution in [0.1, 0.15) is 6.23 Å². The van der Waals surface area contributed by atoms with Crippen LogP contribution in [0.25, 0.3) is 11.2 Å². The number of aromatic nitrogens is 4. The van der Waals surface area contributed by atoms with Crippen molar-refractivity contribution in [2.75, 3.05) is 17.7 Å². The van der Waals surface area contributed by atoms with Crippen molar-refractivity contribution in [3.63, 3.8) is 0 Å². The van der Waals surface area contributed by atoms with Crippen molar-refractivity contribution >= 4 is 28.9 Å². The summed E-state index contributed by atoms with van der Waals surface area (Å²) in [5.41, 5.74) is 11.5. The fraction of sp³-hybridized carbons (Fsp3) is 0.455. The van der Waals surface area contributed by atoms with Gasteiger partial charge in [-0.1, -0.05) is 0 Å². The van der Waals surface area contributed by atoms with Crippen molar-refractivity contribution in [1.29, 1.82) is 5.41 Å². The minimum Gasteiger partial charge on any atom is -0.394 e. The SMILES string of the molecule is N=C(N)Nc1nc(N)c2ncn(C3O[C@H](CO)[C@@H](O)[C@H]3O)c2n1. The molecule has 3 heterocycles. The molecule has 2 aromatic heterocycles. The number of aliphatic hydroxyl groups is 3. The lowest BCUT2D eigenvalue weighted by Crippen LogP contribution is -2.33. The van der Waals surface area contributed by atoms with E-state index in [0.717, 1.165) is 0 Å². The third kappa shape index (κ3) is 2.53. The van der Waals surface area contributed by atoms with Crippen molar-refractivity contribution in [3.05, 3.63) is 6.33 Å². The number of anilines is 2. The van der Waals surface area contributed by atoms with Crippen LogP contribution in [-0.2, 0) is 4.74 Å². The first-order chi connectivity index (χ1) is 10.9. The molecule has 1 aliphatic rings. The van der Waals surface area contributed by atoms with Crippen LogP contribution in [0.3, 0.4) is 0 Å². The van der Waals surface area contributed by atoms with E-state index in [1.807, 2.05) is 0 Å². The molecule has 1 fully saturated rings. The maximum atomic E-state index is 10.1. The van der Waals surface area contributed by atoms with Gasteiger partial charge in [0.2, 0.25) is 5.95 Å². The molecular weight excluding hydrogens is 308 g/mol. The number of imidazole rings is 1. The molecule has 3 rings (SSSR count). The Morgan fingerprint density at radius 3 is 2.74 bits per heavy atom. The molecule has 4 atom stereocenters. The molecule has 0 amide bonds. The summed E-state index contributed by atoms with van der Waals surface area (Å²) < 4.78 is 6.80. The number of rotatable bonds is 3. The number of ether oxygens (including phenoxy) is 1. The van der Waals surface area contributed by atoms with E-state index in [4.69, 9.17) is 26.7 Å². The Bertz CT molecular complexity index is 749. The number of guanidine groups is 1. The van der Waals surface area contributed by atoms with Gasteiger partial charge < -0.3 is 31.5 Å². The first-order valence-corrected chi connectivity index (χ1v) is 6.66. The minimum absolute atomic E-state index is 0.0176. The van der Waals surface area contributed by atoms with Crippen LogP contribution < -0.4 is 16.8 Å². The van der Waals surface area contributed by atoms with Crippen LogP contribution in [-0.4, -0.2) is 65.7 Å². The Morgan fingerprint density at radius 2 is 2.13 bits per heavy atom. The number of hydrogen-bond donors (Lipinski definition) is 7. The van der Waals surface area contributed by atoms with Crippen molar-refractivity contribution in [2.45, 2.75) is 24.5 Å². The Balaban J connectivity index is 2.05. The normalized spacial score (nSPS) is 27.4. The molecule has 2 aromatic rings. The van der Waals surface area contributed by atoms with Crippen molar-refractivity contribution < 1.29 is 20.1 Å². The fourth-order valence-corrected chi connectivity index (χ4v) is 2.41. The van der Waals surface area contributed by atoms with Crippen molar-refractivity contribution in [2.24, 2.45) is 5.73 Å². The highest BCUT2D eigenvalue weighted by molar-refractivity contribution is 5.90. The van der Waals surface area contributed by atoms with Gasteiger partial charge in [-0.2, -0.15) is 9.97 Å². The maximum Gasteiger partial charge on any atom is 0.233 e. The molecule has 1 saturated heterocycles. The molecule has 0 bridgehead atoms. The van der Waals surface area contributed by atoms with Gasteiger partial charge in [0.1, 0.15) is 23.8 Å². The van der Waals surface area contributed by atoms with Gasteiger partial charge in [-0.3, -0.25) is 15.3 Å². The zero-order valence-corrected chi connectivity index (χ0v) is 11.8. The average molecular weight is 324 g/mol. The van der Waals surface area contributed by atoms with Gasteiger partial charge in [0.15, 0.2) is 23.7 Å². The third-order valence-corrected chi connectivity index (χ3v) is 3.49. The molecule has 1 unspecified atom stereocenters.